The number of nitrogens with one attached hydrogen (secondary N) is 1. The predicted octanol–water partition coefficient (Wildman–Crippen LogP) is 1.58. The van der Waals surface area contributed by atoms with Crippen LogP contribution < -0.4 is 5.32 Å². The van der Waals surface area contributed by atoms with Gasteiger partial charge in [-0.05, 0) is 25.0 Å². The van der Waals surface area contributed by atoms with Gasteiger partial charge in [0.15, 0.2) is 0 Å². The zero-order valence-corrected chi connectivity index (χ0v) is 13.2. The van der Waals surface area contributed by atoms with Crippen LogP contribution in [-0.2, 0) is 20.7 Å². The Labute approximate surface area is 134 Å². The minimum Gasteiger partial charge on any atom is -0.469 e. The Bertz CT molecular complexity index is 677. The molecular weight excluding hydrogens is 294 g/mol. The van der Waals surface area contributed by atoms with Gasteiger partial charge in [0, 0.05) is 25.4 Å². The quantitative estimate of drug-likeness (QED) is 0.850. The molecule has 2 unspecified atom stereocenters. The summed E-state index contributed by atoms with van der Waals surface area (Å²) >= 11 is 0. The summed E-state index contributed by atoms with van der Waals surface area (Å²) in [5.41, 5.74) is 1.84. The van der Waals surface area contributed by atoms with E-state index in [4.69, 9.17) is 4.74 Å². The first-order chi connectivity index (χ1) is 11.2. The summed E-state index contributed by atoms with van der Waals surface area (Å²) in [5.74, 6) is -0.886. The number of hydrogen-bond donors (Lipinski definition) is 1. The van der Waals surface area contributed by atoms with Crippen molar-refractivity contribution in [2.75, 3.05) is 13.7 Å². The van der Waals surface area contributed by atoms with E-state index in [0.29, 0.717) is 13.0 Å². The van der Waals surface area contributed by atoms with Gasteiger partial charge in [0.2, 0.25) is 5.91 Å². The summed E-state index contributed by atoms with van der Waals surface area (Å²) in [7, 11) is 1.37. The number of amides is 1. The zero-order chi connectivity index (χ0) is 16.2. The average molecular weight is 315 g/mol. The van der Waals surface area contributed by atoms with Crippen molar-refractivity contribution < 1.29 is 14.3 Å². The van der Waals surface area contributed by atoms with Crippen molar-refractivity contribution in [2.45, 2.75) is 25.7 Å². The highest BCUT2D eigenvalue weighted by Gasteiger charge is 2.38. The largest absolute Gasteiger partial charge is 0.469 e. The Hall–Kier alpha value is -2.37. The Morgan fingerprint density at radius 1 is 1.35 bits per heavy atom. The second-order valence-corrected chi connectivity index (χ2v) is 5.91. The van der Waals surface area contributed by atoms with Crippen molar-refractivity contribution in [2.24, 2.45) is 11.8 Å². The van der Waals surface area contributed by atoms with Crippen LogP contribution in [0, 0.1) is 11.8 Å². The van der Waals surface area contributed by atoms with Crippen molar-refractivity contribution in [1.82, 2.24) is 14.7 Å². The summed E-state index contributed by atoms with van der Waals surface area (Å²) in [6, 6.07) is 5.84. The zero-order valence-electron chi connectivity index (χ0n) is 13.2. The van der Waals surface area contributed by atoms with Crippen LogP contribution in [0.3, 0.4) is 0 Å². The molecule has 1 saturated carbocycles. The van der Waals surface area contributed by atoms with Crippen LogP contribution in [-0.4, -0.2) is 34.9 Å². The Morgan fingerprint density at radius 3 is 2.96 bits per heavy atom. The third-order valence-corrected chi connectivity index (χ3v) is 4.45. The molecule has 2 heterocycles. The van der Waals surface area contributed by atoms with Gasteiger partial charge >= 0.3 is 5.97 Å². The number of carbonyl (C=O) groups is 2. The lowest BCUT2D eigenvalue weighted by Gasteiger charge is -2.16. The van der Waals surface area contributed by atoms with Gasteiger partial charge in [-0.15, -0.1) is 0 Å². The number of esters is 1. The summed E-state index contributed by atoms with van der Waals surface area (Å²) < 4.78 is 6.75. The number of rotatable bonds is 5. The van der Waals surface area contributed by atoms with Gasteiger partial charge in [0.25, 0.3) is 0 Å². The number of fused-ring (bicyclic) bond motifs is 1. The number of pyridine rings is 1. The van der Waals surface area contributed by atoms with E-state index in [2.05, 4.69) is 10.3 Å². The number of imidazole rings is 1. The van der Waals surface area contributed by atoms with Crippen LogP contribution in [0.5, 0.6) is 0 Å². The highest BCUT2D eigenvalue weighted by Crippen LogP contribution is 2.32. The first kappa shape index (κ1) is 15.5. The monoisotopic (exact) mass is 315 g/mol. The average Bonchev–Trinajstić information content (AvgIpc) is 3.20. The number of methoxy groups -OCH3 is 1. The van der Waals surface area contributed by atoms with Crippen molar-refractivity contribution in [3.05, 3.63) is 36.3 Å². The fourth-order valence-electron chi connectivity index (χ4n) is 3.26. The molecule has 6 nitrogen and oxygen atoms in total. The molecule has 122 valence electrons. The van der Waals surface area contributed by atoms with E-state index in [1.165, 1.54) is 7.11 Å². The lowest BCUT2D eigenvalue weighted by Crippen LogP contribution is -2.36. The molecule has 6 heteroatoms. The van der Waals surface area contributed by atoms with Gasteiger partial charge in [0.1, 0.15) is 5.65 Å². The molecule has 1 amide bonds. The van der Waals surface area contributed by atoms with E-state index in [1.54, 1.807) is 0 Å². The molecule has 2 aromatic heterocycles. The smallest absolute Gasteiger partial charge is 0.309 e. The minimum atomic E-state index is -0.296. The Morgan fingerprint density at radius 2 is 2.17 bits per heavy atom. The summed E-state index contributed by atoms with van der Waals surface area (Å²) in [5, 5.41) is 2.93. The fraction of sp³-hybridized carbons (Fsp3) is 0.471. The van der Waals surface area contributed by atoms with E-state index >= 15 is 0 Å². The normalized spacial score (nSPS) is 20.6. The molecule has 23 heavy (non-hydrogen) atoms. The second-order valence-electron chi connectivity index (χ2n) is 5.91. The van der Waals surface area contributed by atoms with Gasteiger partial charge in [-0.1, -0.05) is 12.5 Å². The van der Waals surface area contributed by atoms with Crippen LogP contribution in [0.4, 0.5) is 0 Å². The number of carbonyl (C=O) groups excluding carboxylic acids is 2. The molecule has 0 aromatic carbocycles. The maximum atomic E-state index is 12.3. The van der Waals surface area contributed by atoms with E-state index < -0.39 is 0 Å². The molecular formula is C17H21N3O3. The van der Waals surface area contributed by atoms with Crippen LogP contribution in [0.2, 0.25) is 0 Å². The van der Waals surface area contributed by atoms with Gasteiger partial charge < -0.3 is 14.5 Å². The van der Waals surface area contributed by atoms with E-state index in [0.717, 1.165) is 30.6 Å². The van der Waals surface area contributed by atoms with Gasteiger partial charge in [-0.2, -0.15) is 0 Å². The molecule has 0 radical (unpaired) electrons. The third-order valence-electron chi connectivity index (χ3n) is 4.45. The fourth-order valence-corrected chi connectivity index (χ4v) is 3.26. The maximum absolute atomic E-state index is 12.3. The first-order valence-electron chi connectivity index (χ1n) is 7.97. The summed E-state index contributed by atoms with van der Waals surface area (Å²) in [4.78, 5) is 28.5. The lowest BCUT2D eigenvalue weighted by atomic mass is 9.95. The standard InChI is InChI=1S/C17H21N3O3/c1-23-17(22)14-6-4-5-13(14)16(21)18-9-8-12-11-20-10-3-2-7-15(20)19-12/h2-3,7,10-11,13-14H,4-6,8-9H2,1H3,(H,18,21). The highest BCUT2D eigenvalue weighted by molar-refractivity contribution is 5.85. The molecule has 0 aliphatic heterocycles. The first-order valence-corrected chi connectivity index (χ1v) is 7.97. The molecule has 2 aromatic rings. The number of aromatic nitrogens is 2. The second kappa shape index (κ2) is 6.81. The minimum absolute atomic E-state index is 0.0540. The van der Waals surface area contributed by atoms with Gasteiger partial charge in [-0.25, -0.2) is 4.98 Å². The van der Waals surface area contributed by atoms with Crippen LogP contribution in [0.25, 0.3) is 5.65 Å². The Balaban J connectivity index is 1.53. The number of nitrogens with zero attached hydrogens (tertiary/aromatic N) is 2. The molecule has 0 bridgehead atoms. The van der Waals surface area contributed by atoms with E-state index in [9.17, 15) is 9.59 Å². The molecule has 1 aliphatic carbocycles. The van der Waals surface area contributed by atoms with E-state index in [1.807, 2.05) is 35.0 Å². The topological polar surface area (TPSA) is 72.7 Å². The number of hydrogen-bond acceptors (Lipinski definition) is 4. The van der Waals surface area contributed by atoms with Gasteiger partial charge in [-0.3, -0.25) is 9.59 Å². The van der Waals surface area contributed by atoms with Crippen molar-refractivity contribution in [3.8, 4) is 0 Å². The lowest BCUT2D eigenvalue weighted by molar-refractivity contribution is -0.149. The van der Waals surface area contributed by atoms with Crippen LogP contribution in [0.15, 0.2) is 30.6 Å². The van der Waals surface area contributed by atoms with Crippen molar-refractivity contribution in [3.63, 3.8) is 0 Å². The van der Waals surface area contributed by atoms with Crippen molar-refractivity contribution >= 4 is 17.5 Å². The molecule has 3 rings (SSSR count). The maximum Gasteiger partial charge on any atom is 0.309 e. The van der Waals surface area contributed by atoms with E-state index in [-0.39, 0.29) is 23.7 Å². The predicted molar refractivity (Wildman–Crippen MR) is 84.8 cm³/mol. The highest BCUT2D eigenvalue weighted by atomic mass is 16.5. The third kappa shape index (κ3) is 3.36. The SMILES string of the molecule is COC(=O)C1CCCC1C(=O)NCCc1cn2ccccc2n1. The van der Waals surface area contributed by atoms with Crippen LogP contribution in [0.1, 0.15) is 25.0 Å². The molecule has 0 saturated heterocycles. The number of ether oxygens (including phenoxy) is 1. The Kier molecular flexibility index (Phi) is 4.60. The molecule has 2 atom stereocenters. The van der Waals surface area contributed by atoms with Gasteiger partial charge in [0.05, 0.1) is 24.6 Å². The molecule has 1 fully saturated rings. The van der Waals surface area contributed by atoms with Crippen molar-refractivity contribution in [1.29, 1.82) is 0 Å². The molecule has 0 spiro atoms. The van der Waals surface area contributed by atoms with Crippen LogP contribution >= 0.6 is 0 Å². The molecule has 1 N–H and O–H groups in total. The summed E-state index contributed by atoms with van der Waals surface area (Å²) in [6.07, 6.45) is 6.96. The molecule has 1 aliphatic rings. The summed E-state index contributed by atoms with van der Waals surface area (Å²) in [6.45, 7) is 0.521.